The lowest BCUT2D eigenvalue weighted by Gasteiger charge is -2.29. The molecule has 1 aliphatic heterocycles. The van der Waals surface area contributed by atoms with E-state index in [1.54, 1.807) is 12.1 Å². The second-order valence-electron chi connectivity index (χ2n) is 8.85. The summed E-state index contributed by atoms with van der Waals surface area (Å²) in [7, 11) is 0. The molecule has 1 unspecified atom stereocenters. The van der Waals surface area contributed by atoms with E-state index in [0.29, 0.717) is 47.0 Å². The van der Waals surface area contributed by atoms with Crippen LogP contribution in [0.3, 0.4) is 0 Å². The fourth-order valence-electron chi connectivity index (χ4n) is 5.17. The first-order valence-corrected chi connectivity index (χ1v) is 12.2. The average molecular weight is 564 g/mol. The highest BCUT2D eigenvalue weighted by atomic mass is 79.9. The Kier molecular flexibility index (Phi) is 6.13. The van der Waals surface area contributed by atoms with Gasteiger partial charge in [0.2, 0.25) is 5.91 Å². The van der Waals surface area contributed by atoms with E-state index in [0.717, 1.165) is 18.2 Å². The van der Waals surface area contributed by atoms with Crippen LogP contribution in [0.2, 0.25) is 5.02 Å². The minimum absolute atomic E-state index is 0.0121. The van der Waals surface area contributed by atoms with Gasteiger partial charge in [-0.15, -0.1) is 0 Å². The van der Waals surface area contributed by atoms with Gasteiger partial charge < -0.3 is 10.6 Å². The Morgan fingerprint density at radius 3 is 2.46 bits per heavy atom. The van der Waals surface area contributed by atoms with Crippen molar-refractivity contribution < 1.29 is 22.8 Å². The van der Waals surface area contributed by atoms with Crippen molar-refractivity contribution in [1.29, 1.82) is 0 Å². The van der Waals surface area contributed by atoms with Crippen molar-refractivity contribution in [3.8, 4) is 0 Å². The molecule has 5 rings (SSSR count). The van der Waals surface area contributed by atoms with Gasteiger partial charge in [0.15, 0.2) is 0 Å². The quantitative estimate of drug-likeness (QED) is 0.367. The molecule has 3 aromatic rings. The van der Waals surface area contributed by atoms with Crippen LogP contribution in [0.5, 0.6) is 0 Å². The van der Waals surface area contributed by atoms with Crippen LogP contribution < -0.4 is 10.6 Å². The third-order valence-corrected chi connectivity index (χ3v) is 7.61. The minimum atomic E-state index is -1.26. The molecule has 9 heteroatoms. The molecular formula is C26H19BrClF3N2O2. The lowest BCUT2D eigenvalue weighted by Crippen LogP contribution is -2.39. The number of fused-ring (bicyclic) bond motifs is 1. The summed E-state index contributed by atoms with van der Waals surface area (Å²) < 4.78 is 43.4. The number of anilines is 1. The number of rotatable bonds is 4. The Bertz CT molecular complexity index is 1370. The van der Waals surface area contributed by atoms with Gasteiger partial charge in [-0.2, -0.15) is 0 Å². The van der Waals surface area contributed by atoms with Gasteiger partial charge in [0.25, 0.3) is 5.91 Å². The molecule has 1 aliphatic carbocycles. The molecule has 0 aromatic heterocycles. The summed E-state index contributed by atoms with van der Waals surface area (Å²) in [6.45, 7) is 0. The molecule has 0 saturated heterocycles. The highest BCUT2D eigenvalue weighted by Crippen LogP contribution is 2.45. The average Bonchev–Trinajstić information content (AvgIpc) is 3.43. The normalized spacial score (nSPS) is 18.3. The number of nitrogens with one attached hydrogen (secondary N) is 2. The maximum atomic E-state index is 14.8. The Morgan fingerprint density at radius 2 is 1.71 bits per heavy atom. The fraction of sp³-hybridized carbons (Fsp3) is 0.231. The van der Waals surface area contributed by atoms with Gasteiger partial charge in [-0.05, 0) is 61.4 Å². The maximum absolute atomic E-state index is 14.8. The van der Waals surface area contributed by atoms with Gasteiger partial charge in [0.1, 0.15) is 17.5 Å². The van der Waals surface area contributed by atoms with Crippen molar-refractivity contribution >= 4 is 45.0 Å². The minimum Gasteiger partial charge on any atom is -0.341 e. The molecule has 2 aliphatic rings. The van der Waals surface area contributed by atoms with Crippen molar-refractivity contribution in [3.05, 3.63) is 97.7 Å². The van der Waals surface area contributed by atoms with Gasteiger partial charge in [0.05, 0.1) is 11.5 Å². The number of benzene rings is 3. The van der Waals surface area contributed by atoms with Crippen molar-refractivity contribution in [2.24, 2.45) is 0 Å². The summed E-state index contributed by atoms with van der Waals surface area (Å²) in [5.74, 6) is -2.71. The topological polar surface area (TPSA) is 58.2 Å². The molecule has 1 heterocycles. The van der Waals surface area contributed by atoms with Gasteiger partial charge in [-0.25, -0.2) is 13.2 Å². The molecule has 1 atom stereocenters. The molecule has 3 aromatic carbocycles. The predicted octanol–water partition coefficient (Wildman–Crippen LogP) is 6.80. The van der Waals surface area contributed by atoms with Gasteiger partial charge in [0, 0.05) is 37.4 Å². The number of carbonyl (C=O) groups is 2. The van der Waals surface area contributed by atoms with Crippen molar-refractivity contribution in [1.82, 2.24) is 5.32 Å². The van der Waals surface area contributed by atoms with Crippen LogP contribution in [-0.2, 0) is 10.2 Å². The molecule has 35 heavy (non-hydrogen) atoms. The van der Waals surface area contributed by atoms with Crippen LogP contribution in [0.25, 0.3) is 0 Å². The first kappa shape index (κ1) is 23.9. The lowest BCUT2D eigenvalue weighted by atomic mass is 9.77. The van der Waals surface area contributed by atoms with E-state index in [1.807, 2.05) is 0 Å². The van der Waals surface area contributed by atoms with Crippen molar-refractivity contribution in [3.63, 3.8) is 0 Å². The Balaban J connectivity index is 1.61. The Morgan fingerprint density at radius 1 is 1.03 bits per heavy atom. The first-order chi connectivity index (χ1) is 16.7. The van der Waals surface area contributed by atoms with E-state index in [-0.39, 0.29) is 16.1 Å². The van der Waals surface area contributed by atoms with E-state index >= 15 is 0 Å². The van der Waals surface area contributed by atoms with Crippen LogP contribution >= 0.6 is 27.5 Å². The van der Waals surface area contributed by atoms with Crippen molar-refractivity contribution in [2.75, 3.05) is 5.32 Å². The smallest absolute Gasteiger partial charge is 0.252 e. The van der Waals surface area contributed by atoms with Gasteiger partial charge in [-0.1, -0.05) is 40.4 Å². The largest absolute Gasteiger partial charge is 0.341 e. The van der Waals surface area contributed by atoms with Gasteiger partial charge in [-0.3, -0.25) is 9.59 Å². The van der Waals surface area contributed by atoms with E-state index in [1.165, 1.54) is 18.2 Å². The number of amides is 2. The van der Waals surface area contributed by atoms with Crippen LogP contribution in [0.1, 0.15) is 58.8 Å². The summed E-state index contributed by atoms with van der Waals surface area (Å²) in [6.07, 6.45) is 2.07. The number of hydrogen-bond donors (Lipinski definition) is 2. The molecule has 4 nitrogen and oxygen atoms in total. The Hall–Kier alpha value is -2.84. The standard InChI is InChI=1S/C26H19BrClF3N2O2/c27-13-9-17-22(23(33-24(17)34)16-11-14(29)3-5-19(16)28)21(10-13)32-25(35)26(7-1-2-8-26)18-12-15(30)4-6-20(18)31/h3-6,9-12,23H,1-2,7-8H2,(H,32,35)(H,33,34). The summed E-state index contributed by atoms with van der Waals surface area (Å²) in [4.78, 5) is 26.5. The molecular weight excluding hydrogens is 545 g/mol. The third kappa shape index (κ3) is 4.12. The van der Waals surface area contributed by atoms with E-state index in [2.05, 4.69) is 26.6 Å². The summed E-state index contributed by atoms with van der Waals surface area (Å²) >= 11 is 9.70. The molecule has 1 fully saturated rings. The lowest BCUT2D eigenvalue weighted by molar-refractivity contribution is -0.121. The summed E-state index contributed by atoms with van der Waals surface area (Å²) in [6, 6.07) is 9.38. The fourth-order valence-corrected chi connectivity index (χ4v) is 5.86. The molecule has 0 bridgehead atoms. The van der Waals surface area contributed by atoms with Gasteiger partial charge >= 0.3 is 0 Å². The van der Waals surface area contributed by atoms with Crippen LogP contribution in [0.4, 0.5) is 18.9 Å². The molecule has 1 saturated carbocycles. The highest BCUT2D eigenvalue weighted by molar-refractivity contribution is 9.10. The number of carbonyl (C=O) groups excluding carboxylic acids is 2. The first-order valence-electron chi connectivity index (χ1n) is 11.1. The van der Waals surface area contributed by atoms with Crippen LogP contribution in [0.15, 0.2) is 53.0 Å². The number of hydrogen-bond acceptors (Lipinski definition) is 2. The van der Waals surface area contributed by atoms with E-state index in [4.69, 9.17) is 11.6 Å². The third-order valence-electron chi connectivity index (χ3n) is 6.81. The molecule has 2 amide bonds. The molecule has 180 valence electrons. The zero-order chi connectivity index (χ0) is 24.9. The Labute approximate surface area is 213 Å². The molecule has 0 spiro atoms. The van der Waals surface area contributed by atoms with Crippen LogP contribution in [0, 0.1) is 17.5 Å². The predicted molar refractivity (Wildman–Crippen MR) is 130 cm³/mol. The molecule has 0 radical (unpaired) electrons. The van der Waals surface area contributed by atoms with Crippen molar-refractivity contribution in [2.45, 2.75) is 37.1 Å². The maximum Gasteiger partial charge on any atom is 0.252 e. The van der Waals surface area contributed by atoms with E-state index in [9.17, 15) is 22.8 Å². The zero-order valence-electron chi connectivity index (χ0n) is 18.2. The second kappa shape index (κ2) is 8.99. The SMILES string of the molecule is O=C1NC(c2cc(F)ccc2Cl)c2c(NC(=O)C3(c4cc(F)ccc4F)CCCC3)cc(Br)cc21. The van der Waals surface area contributed by atoms with E-state index < -0.39 is 40.7 Å². The van der Waals surface area contributed by atoms with Crippen LogP contribution in [-0.4, -0.2) is 11.8 Å². The second-order valence-corrected chi connectivity index (χ2v) is 10.2. The summed E-state index contributed by atoms with van der Waals surface area (Å²) in [5.41, 5.74) is 0.0977. The highest BCUT2D eigenvalue weighted by Gasteiger charge is 2.45. The number of halogens is 5. The zero-order valence-corrected chi connectivity index (χ0v) is 20.6. The monoisotopic (exact) mass is 562 g/mol. The summed E-state index contributed by atoms with van der Waals surface area (Å²) in [5, 5.41) is 5.93. The molecule has 2 N–H and O–H groups in total.